The number of hydrogen-bond acceptors (Lipinski definition) is 7. The van der Waals surface area contributed by atoms with Gasteiger partial charge in [0, 0.05) is 44.7 Å². The number of hydrogen-bond donors (Lipinski definition) is 2. The first kappa shape index (κ1) is 34.3. The summed E-state index contributed by atoms with van der Waals surface area (Å²) in [4.78, 5) is 28.2. The van der Waals surface area contributed by atoms with Crippen molar-refractivity contribution in [1.29, 1.82) is 0 Å². The summed E-state index contributed by atoms with van der Waals surface area (Å²) in [6.07, 6.45) is 4.09. The predicted molar refractivity (Wildman–Crippen MR) is 161 cm³/mol. The molecule has 0 spiro atoms. The molecule has 41 heavy (non-hydrogen) atoms. The van der Waals surface area contributed by atoms with Crippen molar-refractivity contribution in [2.45, 2.75) is 102 Å². The van der Waals surface area contributed by atoms with Crippen LogP contribution in [0.25, 0.3) is 0 Å². The Morgan fingerprint density at radius 1 is 0.951 bits per heavy atom. The molecule has 2 saturated heterocycles. The van der Waals surface area contributed by atoms with Crippen LogP contribution in [0.5, 0.6) is 0 Å². The van der Waals surface area contributed by atoms with Crippen LogP contribution < -0.4 is 10.6 Å². The molecule has 4 unspecified atom stereocenters. The lowest BCUT2D eigenvalue weighted by atomic mass is 9.62. The van der Waals surface area contributed by atoms with E-state index < -0.39 is 12.2 Å². The third-order valence-corrected chi connectivity index (χ3v) is 9.43. The van der Waals surface area contributed by atoms with Crippen LogP contribution in [-0.2, 0) is 23.7 Å². The molecule has 2 heterocycles. The molecule has 1 aliphatic carbocycles. The van der Waals surface area contributed by atoms with E-state index in [4.69, 9.17) is 23.7 Å². The first-order valence-corrected chi connectivity index (χ1v) is 18.7. The minimum absolute atomic E-state index is 0.0357. The number of nitrogens with one attached hydrogen (secondary N) is 2. The average molecular weight is 612 g/mol. The largest absolute Gasteiger partial charge is 0.441 e. The number of ether oxygens (including phenoxy) is 5. The van der Waals surface area contributed by atoms with Gasteiger partial charge >= 0.3 is 12.1 Å². The topological polar surface area (TPSA) is 114 Å². The van der Waals surface area contributed by atoms with Gasteiger partial charge < -0.3 is 39.2 Å². The number of epoxide rings is 2. The second kappa shape index (κ2) is 17.2. The maximum atomic E-state index is 13.4. The van der Waals surface area contributed by atoms with E-state index in [2.05, 4.69) is 44.5 Å². The molecule has 10 nitrogen and oxygen atoms in total. The van der Waals surface area contributed by atoms with Crippen LogP contribution in [0.4, 0.5) is 9.59 Å². The van der Waals surface area contributed by atoms with Gasteiger partial charge in [-0.05, 0) is 42.9 Å². The summed E-state index contributed by atoms with van der Waals surface area (Å²) in [7, 11) is 1.83. The quantitative estimate of drug-likeness (QED) is 0.123. The van der Waals surface area contributed by atoms with Crippen molar-refractivity contribution in [3.8, 4) is 0 Å². The number of carbonyl (C=O) groups excluding carboxylic acids is 2. The molecule has 4 radical (unpaired) electrons. The van der Waals surface area contributed by atoms with Crippen molar-refractivity contribution >= 4 is 31.2 Å². The Hall–Kier alpha value is -1.19. The molecule has 3 rings (SSSR count). The van der Waals surface area contributed by atoms with E-state index in [1.165, 1.54) is 12.1 Å². The number of alkyl carbamates (subject to hydrolysis) is 1. The summed E-state index contributed by atoms with van der Waals surface area (Å²) in [6, 6.07) is 2.44. The molecule has 12 heteroatoms. The zero-order valence-electron chi connectivity index (χ0n) is 25.9. The first-order valence-electron chi connectivity index (χ1n) is 15.3. The molecule has 2 aliphatic heterocycles. The highest BCUT2D eigenvalue weighted by Gasteiger charge is 2.42. The van der Waals surface area contributed by atoms with Crippen molar-refractivity contribution < 1.29 is 33.3 Å². The third-order valence-electron chi connectivity index (χ3n) is 7.72. The van der Waals surface area contributed by atoms with Gasteiger partial charge in [0.25, 0.3) is 0 Å². The lowest BCUT2D eigenvalue weighted by Gasteiger charge is -2.47. The molecule has 0 aromatic carbocycles. The minimum Gasteiger partial charge on any atom is -0.441 e. The Labute approximate surface area is 252 Å². The second-order valence-corrected chi connectivity index (χ2v) is 15.4. The van der Waals surface area contributed by atoms with Gasteiger partial charge in [-0.15, -0.1) is 0 Å². The van der Waals surface area contributed by atoms with Gasteiger partial charge in [0.2, 0.25) is 0 Å². The molecule has 4 atom stereocenters. The number of urea groups is 1. The fraction of sp³-hybridized carbons (Fsp3) is 0.931. The smallest absolute Gasteiger partial charge is 0.407 e. The summed E-state index contributed by atoms with van der Waals surface area (Å²) >= 11 is 0. The molecule has 3 amide bonds. The lowest BCUT2D eigenvalue weighted by molar-refractivity contribution is -0.0335. The summed E-state index contributed by atoms with van der Waals surface area (Å²) in [5.41, 5.74) is -0.140. The predicted octanol–water partition coefficient (Wildman–Crippen LogP) is 3.63. The number of amides is 3. The Kier molecular flexibility index (Phi) is 14.4. The van der Waals surface area contributed by atoms with Gasteiger partial charge in [0.15, 0.2) is 6.10 Å². The van der Waals surface area contributed by atoms with Crippen molar-refractivity contribution in [2.24, 2.45) is 10.8 Å². The average Bonchev–Trinajstić information content (AvgIpc) is 3.82. The van der Waals surface area contributed by atoms with Gasteiger partial charge in [-0.1, -0.05) is 46.0 Å². The molecule has 0 aromatic heterocycles. The fourth-order valence-corrected chi connectivity index (χ4v) is 6.95. The van der Waals surface area contributed by atoms with Crippen molar-refractivity contribution in [3.63, 3.8) is 0 Å². The molecular formula is C29H53N3O7Si2. The monoisotopic (exact) mass is 611 g/mol. The van der Waals surface area contributed by atoms with Crippen molar-refractivity contribution in [3.05, 3.63) is 0 Å². The Bertz CT molecular complexity index is 772. The van der Waals surface area contributed by atoms with E-state index in [9.17, 15) is 9.59 Å². The summed E-state index contributed by atoms with van der Waals surface area (Å²) < 4.78 is 27.5. The van der Waals surface area contributed by atoms with E-state index >= 15 is 0 Å². The van der Waals surface area contributed by atoms with Crippen LogP contribution in [0.15, 0.2) is 0 Å². The molecule has 234 valence electrons. The van der Waals surface area contributed by atoms with E-state index in [0.29, 0.717) is 33.0 Å². The number of carbonyl (C=O) groups is 2. The van der Waals surface area contributed by atoms with Crippen LogP contribution in [-0.4, -0.2) is 120 Å². The summed E-state index contributed by atoms with van der Waals surface area (Å²) in [6.45, 7) is 16.2. The fourth-order valence-electron chi connectivity index (χ4n) is 5.93. The van der Waals surface area contributed by atoms with E-state index in [-0.39, 0.29) is 48.3 Å². The first-order chi connectivity index (χ1) is 19.6. The Morgan fingerprint density at radius 3 is 2.02 bits per heavy atom. The lowest BCUT2D eigenvalue weighted by Crippen LogP contribution is -2.53. The van der Waals surface area contributed by atoms with E-state index in [1.807, 2.05) is 4.90 Å². The number of nitrogens with zero attached hydrogens (tertiary/aromatic N) is 1. The molecule has 3 fully saturated rings. The molecule has 0 aromatic rings. The zero-order valence-corrected chi connectivity index (χ0v) is 27.9. The summed E-state index contributed by atoms with van der Waals surface area (Å²) in [5.74, 6) is 0. The maximum Gasteiger partial charge on any atom is 0.407 e. The van der Waals surface area contributed by atoms with Crippen LogP contribution in [0, 0.1) is 10.8 Å². The van der Waals surface area contributed by atoms with Crippen molar-refractivity contribution in [2.75, 3.05) is 59.3 Å². The standard InChI is InChI=1S/C29H53N3O7Si2/c1-28(2)12-22(31-26(33)32(8-6-10-40-4)9-7-11-41-5)13-29(3,20-28)21-30-27(34)39-25(16-35-14-23-18-37-23)17-36-15-24-19-38-24/h22-25H,6-21H2,1-5H3,(H,30,34)(H,31,33). The van der Waals surface area contributed by atoms with Crippen LogP contribution in [0.1, 0.15) is 52.9 Å². The van der Waals surface area contributed by atoms with Gasteiger partial charge in [-0.3, -0.25) is 0 Å². The number of rotatable bonds is 20. The highest BCUT2D eigenvalue weighted by molar-refractivity contribution is 6.33. The third kappa shape index (κ3) is 14.2. The highest BCUT2D eigenvalue weighted by Crippen LogP contribution is 2.45. The molecule has 1 saturated carbocycles. The molecule has 3 aliphatic rings. The van der Waals surface area contributed by atoms with E-state index in [1.54, 1.807) is 0 Å². The Balaban J connectivity index is 1.49. The normalized spacial score (nSPS) is 27.1. The van der Waals surface area contributed by atoms with Crippen LogP contribution in [0.2, 0.25) is 25.2 Å². The van der Waals surface area contributed by atoms with Gasteiger partial charge in [-0.2, -0.15) is 0 Å². The van der Waals surface area contributed by atoms with Gasteiger partial charge in [0.1, 0.15) is 12.2 Å². The second-order valence-electron chi connectivity index (χ2n) is 13.0. The molecule has 0 bridgehead atoms. The SMILES string of the molecule is C[Si]CCCN(CCC[Si]C)C(=O)NC1CC(C)(C)CC(C)(CNC(=O)OC(COCC2CO2)COCC2CO2)C1. The summed E-state index contributed by atoms with van der Waals surface area (Å²) in [5, 5.41) is 6.38. The van der Waals surface area contributed by atoms with Crippen molar-refractivity contribution in [1.82, 2.24) is 15.5 Å². The van der Waals surface area contributed by atoms with Crippen LogP contribution >= 0.6 is 0 Å². The van der Waals surface area contributed by atoms with Crippen LogP contribution in [0.3, 0.4) is 0 Å². The minimum atomic E-state index is -0.511. The van der Waals surface area contributed by atoms with Gasteiger partial charge in [0.05, 0.1) is 39.6 Å². The van der Waals surface area contributed by atoms with Gasteiger partial charge in [-0.25, -0.2) is 9.59 Å². The molecule has 2 N–H and O–H groups in total. The highest BCUT2D eigenvalue weighted by atomic mass is 28.2. The Morgan fingerprint density at radius 2 is 1.51 bits per heavy atom. The van der Waals surface area contributed by atoms with E-state index in [0.717, 1.165) is 64.2 Å². The zero-order chi connectivity index (χ0) is 29.7. The molecular weight excluding hydrogens is 559 g/mol. The maximum absolute atomic E-state index is 13.4.